The normalized spacial score (nSPS) is 11.7. The lowest BCUT2D eigenvalue weighted by atomic mass is 10.0. The summed E-state index contributed by atoms with van der Waals surface area (Å²) in [6, 6.07) is 4.18. The van der Waals surface area contributed by atoms with Gasteiger partial charge < -0.3 is 5.73 Å². The fraction of sp³-hybridized carbons (Fsp3) is 0.0500. The Morgan fingerprint density at radius 3 is 2.45 bits per heavy atom. The van der Waals surface area contributed by atoms with E-state index >= 15 is 8.78 Å². The van der Waals surface area contributed by atoms with Crippen LogP contribution in [0.25, 0.3) is 22.0 Å². The number of hydrogen-bond acceptors (Lipinski definition) is 5. The summed E-state index contributed by atoms with van der Waals surface area (Å²) in [5, 5.41) is 5.94. The van der Waals surface area contributed by atoms with Gasteiger partial charge in [0.05, 0.1) is 17.6 Å². The molecule has 4 N–H and O–H groups in total. The Kier molecular flexibility index (Phi) is 5.28. The van der Waals surface area contributed by atoms with E-state index < -0.39 is 60.9 Å². The van der Waals surface area contributed by atoms with Gasteiger partial charge in [-0.2, -0.15) is 5.10 Å². The van der Waals surface area contributed by atoms with Gasteiger partial charge >= 0.3 is 0 Å². The van der Waals surface area contributed by atoms with Crippen LogP contribution >= 0.6 is 0 Å². The third kappa shape index (κ3) is 3.86. The van der Waals surface area contributed by atoms with Crippen molar-refractivity contribution in [1.82, 2.24) is 15.2 Å². The highest BCUT2D eigenvalue weighted by Gasteiger charge is 2.25. The maximum Gasteiger partial charge on any atom is 0.267 e. The number of primary amides is 1. The molecular weight excluding hydrogens is 466 g/mol. The van der Waals surface area contributed by atoms with Crippen molar-refractivity contribution in [1.29, 1.82) is 0 Å². The Bertz CT molecular complexity index is 1550. The minimum Gasteiger partial charge on any atom is -0.364 e. The second-order valence-corrected chi connectivity index (χ2v) is 8.59. The van der Waals surface area contributed by atoms with Gasteiger partial charge in [0.2, 0.25) is 0 Å². The molecule has 0 aliphatic carbocycles. The Morgan fingerprint density at radius 1 is 1.03 bits per heavy atom. The van der Waals surface area contributed by atoms with Crippen molar-refractivity contribution in [2.24, 2.45) is 5.73 Å². The predicted molar refractivity (Wildman–Crippen MR) is 110 cm³/mol. The fourth-order valence-corrected chi connectivity index (χ4v) is 4.52. The van der Waals surface area contributed by atoms with Crippen LogP contribution in [0, 0.1) is 30.2 Å². The van der Waals surface area contributed by atoms with Crippen LogP contribution in [-0.2, 0) is 10.0 Å². The minimum absolute atomic E-state index is 0.0237. The molecule has 13 heteroatoms. The lowest BCUT2D eigenvalue weighted by Crippen LogP contribution is -2.16. The van der Waals surface area contributed by atoms with Gasteiger partial charge in [0.1, 0.15) is 27.7 Å². The summed E-state index contributed by atoms with van der Waals surface area (Å²) in [5.41, 5.74) is 2.65. The van der Waals surface area contributed by atoms with Crippen LogP contribution in [0.15, 0.2) is 41.4 Å². The molecule has 33 heavy (non-hydrogen) atoms. The number of carbonyl (C=O) groups is 1. The average Bonchev–Trinajstić information content (AvgIpc) is 3.18. The Morgan fingerprint density at radius 2 is 1.76 bits per heavy atom. The van der Waals surface area contributed by atoms with E-state index in [1.54, 1.807) is 0 Å². The van der Waals surface area contributed by atoms with Crippen LogP contribution in [0.3, 0.4) is 0 Å². The van der Waals surface area contributed by atoms with Gasteiger partial charge in [-0.05, 0) is 25.1 Å². The highest BCUT2D eigenvalue weighted by molar-refractivity contribution is 7.92. The van der Waals surface area contributed by atoms with Gasteiger partial charge in [0, 0.05) is 22.6 Å². The molecule has 0 saturated carbocycles. The monoisotopic (exact) mass is 479 g/mol. The van der Waals surface area contributed by atoms with Crippen LogP contribution in [-0.4, -0.2) is 29.5 Å². The maximum atomic E-state index is 15.2. The van der Waals surface area contributed by atoms with Gasteiger partial charge in [0.25, 0.3) is 15.9 Å². The summed E-state index contributed by atoms with van der Waals surface area (Å²) in [5.74, 6) is -5.34. The highest BCUT2D eigenvalue weighted by atomic mass is 32.2. The van der Waals surface area contributed by atoms with Crippen LogP contribution in [0.2, 0.25) is 0 Å². The largest absolute Gasteiger partial charge is 0.364 e. The summed E-state index contributed by atoms with van der Waals surface area (Å²) >= 11 is 0. The molecule has 8 nitrogen and oxygen atoms in total. The molecule has 0 saturated heterocycles. The molecule has 0 aliphatic rings. The van der Waals surface area contributed by atoms with Gasteiger partial charge in [-0.3, -0.25) is 19.6 Å². The van der Waals surface area contributed by atoms with Crippen molar-refractivity contribution < 1.29 is 30.8 Å². The molecule has 2 aromatic carbocycles. The number of nitrogens with zero attached hydrogens (tertiary/aromatic N) is 2. The van der Waals surface area contributed by atoms with Crippen molar-refractivity contribution in [2.45, 2.75) is 11.8 Å². The SMILES string of the molecule is Cc1ncc(F)cc1S(=O)(=O)Nc1cc(F)cc(-c2ccc3c(C(N)=O)[nH]nc3c2F)c1F. The number of amides is 1. The average molecular weight is 479 g/mol. The third-order valence-electron chi connectivity index (χ3n) is 4.78. The lowest BCUT2D eigenvalue weighted by Gasteiger charge is -2.14. The second kappa shape index (κ2) is 7.85. The standard InChI is InChI=1S/C20H13F4N5O3S/c1-8-15(6-10(22)7-26-8)33(31,32)29-14-5-9(21)4-13(16(14)23)11-2-3-12-18(17(11)24)27-28-19(12)20(25)30/h2-7,29H,1H3,(H2,25,30)(H,27,28). The summed E-state index contributed by atoms with van der Waals surface area (Å²) < 4.78 is 85.2. The van der Waals surface area contributed by atoms with Crippen molar-refractivity contribution in [3.8, 4) is 11.1 Å². The zero-order chi connectivity index (χ0) is 24.1. The number of anilines is 1. The molecule has 2 heterocycles. The first-order chi connectivity index (χ1) is 15.5. The predicted octanol–water partition coefficient (Wildman–Crippen LogP) is 3.39. The third-order valence-corrected chi connectivity index (χ3v) is 6.26. The number of rotatable bonds is 5. The zero-order valence-corrected chi connectivity index (χ0v) is 17.4. The van der Waals surface area contributed by atoms with Crippen molar-refractivity contribution >= 4 is 32.5 Å². The maximum absolute atomic E-state index is 15.2. The topological polar surface area (TPSA) is 131 Å². The van der Waals surface area contributed by atoms with E-state index in [4.69, 9.17) is 5.73 Å². The number of hydrogen-bond donors (Lipinski definition) is 3. The fourth-order valence-electron chi connectivity index (χ4n) is 3.26. The number of nitrogens with two attached hydrogens (primary N) is 1. The van der Waals surface area contributed by atoms with Crippen LogP contribution in [0.4, 0.5) is 23.2 Å². The Labute approximate surface area is 183 Å². The molecule has 0 bridgehead atoms. The Balaban J connectivity index is 1.84. The number of nitrogens with one attached hydrogen (secondary N) is 2. The van der Waals surface area contributed by atoms with Gasteiger partial charge in [-0.25, -0.2) is 26.0 Å². The molecule has 0 radical (unpaired) electrons. The molecule has 2 aromatic heterocycles. The molecule has 0 unspecified atom stereocenters. The van der Waals surface area contributed by atoms with Crippen molar-refractivity contribution in [3.05, 3.63) is 71.2 Å². The van der Waals surface area contributed by atoms with Crippen molar-refractivity contribution in [2.75, 3.05) is 4.72 Å². The van der Waals surface area contributed by atoms with Gasteiger partial charge in [0.15, 0.2) is 11.6 Å². The molecule has 4 aromatic rings. The number of fused-ring (bicyclic) bond motifs is 1. The number of pyridine rings is 1. The van der Waals surface area contributed by atoms with Crippen molar-refractivity contribution in [3.63, 3.8) is 0 Å². The molecule has 0 atom stereocenters. The lowest BCUT2D eigenvalue weighted by molar-refractivity contribution is 0.0997. The van der Waals surface area contributed by atoms with Crippen LogP contribution < -0.4 is 10.5 Å². The molecule has 0 aliphatic heterocycles. The van der Waals surface area contributed by atoms with Crippen LogP contribution in [0.5, 0.6) is 0 Å². The molecule has 0 spiro atoms. The Hall–Kier alpha value is -4.00. The van der Waals surface area contributed by atoms with E-state index in [-0.39, 0.29) is 22.3 Å². The number of carbonyl (C=O) groups excluding carboxylic acids is 1. The molecule has 0 fully saturated rings. The summed E-state index contributed by atoms with van der Waals surface area (Å²) in [6.07, 6.45) is 0.798. The van der Waals surface area contributed by atoms with E-state index in [1.807, 2.05) is 4.72 Å². The number of aryl methyl sites for hydroxylation is 1. The summed E-state index contributed by atoms with van der Waals surface area (Å²) in [4.78, 5) is 14.4. The smallest absolute Gasteiger partial charge is 0.267 e. The first-order valence-corrected chi connectivity index (χ1v) is 10.6. The summed E-state index contributed by atoms with van der Waals surface area (Å²) in [6.45, 7) is 1.29. The molecular formula is C20H13F4N5O3S. The van der Waals surface area contributed by atoms with E-state index in [2.05, 4.69) is 15.2 Å². The van der Waals surface area contributed by atoms with Gasteiger partial charge in [-0.1, -0.05) is 6.07 Å². The number of benzene rings is 2. The van der Waals surface area contributed by atoms with E-state index in [0.29, 0.717) is 18.2 Å². The molecule has 4 rings (SSSR count). The first kappa shape index (κ1) is 22.2. The van der Waals surface area contributed by atoms with E-state index in [9.17, 15) is 22.0 Å². The second-order valence-electron chi connectivity index (χ2n) is 6.94. The van der Waals surface area contributed by atoms with E-state index in [0.717, 1.165) is 12.3 Å². The molecule has 1 amide bonds. The zero-order valence-electron chi connectivity index (χ0n) is 16.6. The quantitative estimate of drug-likeness (QED) is 0.378. The van der Waals surface area contributed by atoms with E-state index in [1.165, 1.54) is 13.0 Å². The number of sulfonamides is 1. The first-order valence-electron chi connectivity index (χ1n) is 9.10. The van der Waals surface area contributed by atoms with Crippen LogP contribution in [0.1, 0.15) is 16.2 Å². The number of aromatic amines is 1. The summed E-state index contributed by atoms with van der Waals surface area (Å²) in [7, 11) is -4.58. The van der Waals surface area contributed by atoms with Gasteiger partial charge in [-0.15, -0.1) is 0 Å². The number of H-pyrrole nitrogens is 1. The molecule has 170 valence electrons. The number of halogens is 4. The number of aromatic nitrogens is 3. The highest BCUT2D eigenvalue weighted by Crippen LogP contribution is 2.35. The minimum atomic E-state index is -4.58.